The van der Waals surface area contributed by atoms with Gasteiger partial charge >= 0.3 is 5.97 Å². The van der Waals surface area contributed by atoms with Crippen molar-refractivity contribution in [3.05, 3.63) is 52.7 Å². The molecule has 0 saturated heterocycles. The second-order valence-corrected chi connectivity index (χ2v) is 5.74. The smallest absolute Gasteiger partial charge is 0.338 e. The quantitative estimate of drug-likeness (QED) is 0.802. The molecule has 2 heterocycles. The Bertz CT molecular complexity index is 692. The molecular formula is C16H16N2O3S. The van der Waals surface area contributed by atoms with Crippen LogP contribution < -0.4 is 4.74 Å². The predicted molar refractivity (Wildman–Crippen MR) is 86.5 cm³/mol. The molecule has 0 aromatic heterocycles. The number of rotatable bonds is 3. The van der Waals surface area contributed by atoms with Crippen LogP contribution in [0.5, 0.6) is 5.75 Å². The van der Waals surface area contributed by atoms with Gasteiger partial charge in [-0.1, -0.05) is 23.9 Å². The lowest BCUT2D eigenvalue weighted by atomic mass is 9.95. The summed E-state index contributed by atoms with van der Waals surface area (Å²) in [5.41, 5.74) is 2.23. The SMILES string of the molecule is COC(=O)C1=C(C)N=C2SC=CN2C1c1ccc(OC)cc1. The van der Waals surface area contributed by atoms with Crippen molar-refractivity contribution in [2.45, 2.75) is 13.0 Å². The van der Waals surface area contributed by atoms with Crippen LogP contribution in [0.3, 0.4) is 0 Å². The van der Waals surface area contributed by atoms with Crippen molar-refractivity contribution in [1.82, 2.24) is 4.90 Å². The Kier molecular flexibility index (Phi) is 3.94. The molecule has 3 rings (SSSR count). The van der Waals surface area contributed by atoms with Crippen molar-refractivity contribution < 1.29 is 14.3 Å². The van der Waals surface area contributed by atoms with E-state index in [1.807, 2.05) is 47.7 Å². The molecule has 0 bridgehead atoms. The molecule has 1 atom stereocenters. The van der Waals surface area contributed by atoms with E-state index in [0.29, 0.717) is 11.3 Å². The van der Waals surface area contributed by atoms with E-state index >= 15 is 0 Å². The molecular weight excluding hydrogens is 300 g/mol. The summed E-state index contributed by atoms with van der Waals surface area (Å²) in [5, 5.41) is 2.83. The fourth-order valence-electron chi connectivity index (χ4n) is 2.59. The van der Waals surface area contributed by atoms with Gasteiger partial charge in [-0.15, -0.1) is 0 Å². The van der Waals surface area contributed by atoms with Crippen LogP contribution in [0, 0.1) is 0 Å². The third-order valence-corrected chi connectivity index (χ3v) is 4.43. The van der Waals surface area contributed by atoms with Crippen LogP contribution in [0.25, 0.3) is 0 Å². The summed E-state index contributed by atoms with van der Waals surface area (Å²) in [7, 11) is 3.02. The highest BCUT2D eigenvalue weighted by Gasteiger charge is 2.37. The highest BCUT2D eigenvalue weighted by atomic mass is 32.2. The van der Waals surface area contributed by atoms with Gasteiger partial charge in [-0.2, -0.15) is 0 Å². The summed E-state index contributed by atoms with van der Waals surface area (Å²) >= 11 is 1.54. The topological polar surface area (TPSA) is 51.1 Å². The third-order valence-electron chi connectivity index (χ3n) is 3.66. The Morgan fingerprint density at radius 3 is 2.64 bits per heavy atom. The van der Waals surface area contributed by atoms with E-state index < -0.39 is 0 Å². The molecule has 1 unspecified atom stereocenters. The van der Waals surface area contributed by atoms with Gasteiger partial charge < -0.3 is 14.4 Å². The molecule has 2 aliphatic rings. The highest BCUT2D eigenvalue weighted by molar-refractivity contribution is 8.16. The zero-order chi connectivity index (χ0) is 15.7. The molecule has 0 N–H and O–H groups in total. The molecule has 0 radical (unpaired) electrons. The van der Waals surface area contributed by atoms with E-state index in [-0.39, 0.29) is 12.0 Å². The van der Waals surface area contributed by atoms with Gasteiger partial charge in [-0.05, 0) is 30.0 Å². The monoisotopic (exact) mass is 316 g/mol. The maximum absolute atomic E-state index is 12.2. The number of esters is 1. The number of carbonyl (C=O) groups is 1. The first-order valence-electron chi connectivity index (χ1n) is 6.79. The summed E-state index contributed by atoms with van der Waals surface area (Å²) in [5.74, 6) is 0.423. The maximum Gasteiger partial charge on any atom is 0.338 e. The van der Waals surface area contributed by atoms with Crippen LogP contribution in [0.1, 0.15) is 18.5 Å². The molecule has 22 heavy (non-hydrogen) atoms. The van der Waals surface area contributed by atoms with E-state index in [4.69, 9.17) is 9.47 Å². The number of hydrogen-bond donors (Lipinski definition) is 0. The van der Waals surface area contributed by atoms with Gasteiger partial charge in [0.25, 0.3) is 0 Å². The molecule has 0 spiro atoms. The van der Waals surface area contributed by atoms with Crippen LogP contribution >= 0.6 is 11.8 Å². The molecule has 0 saturated carbocycles. The molecule has 1 aromatic carbocycles. The van der Waals surface area contributed by atoms with Gasteiger partial charge in [0.05, 0.1) is 31.5 Å². The number of carbonyl (C=O) groups excluding carboxylic acids is 1. The zero-order valence-electron chi connectivity index (χ0n) is 12.6. The summed E-state index contributed by atoms with van der Waals surface area (Å²) in [6.07, 6.45) is 1.94. The first kappa shape index (κ1) is 14.7. The predicted octanol–water partition coefficient (Wildman–Crippen LogP) is 3.07. The molecule has 1 aromatic rings. The van der Waals surface area contributed by atoms with E-state index in [9.17, 15) is 4.79 Å². The largest absolute Gasteiger partial charge is 0.497 e. The van der Waals surface area contributed by atoms with Crippen molar-refractivity contribution in [1.29, 1.82) is 0 Å². The van der Waals surface area contributed by atoms with Crippen molar-refractivity contribution in [3.8, 4) is 5.75 Å². The summed E-state index contributed by atoms with van der Waals surface area (Å²) in [6, 6.07) is 7.45. The Balaban J connectivity index is 2.09. The Hall–Kier alpha value is -2.21. The third kappa shape index (κ3) is 2.39. The van der Waals surface area contributed by atoms with Gasteiger partial charge in [0.15, 0.2) is 5.17 Å². The first-order valence-corrected chi connectivity index (χ1v) is 7.67. The first-order chi connectivity index (χ1) is 10.7. The zero-order valence-corrected chi connectivity index (χ0v) is 13.4. The number of allylic oxidation sites excluding steroid dienone is 1. The number of ether oxygens (including phenoxy) is 2. The molecule has 0 aliphatic carbocycles. The number of hydrogen-bond acceptors (Lipinski definition) is 6. The van der Waals surface area contributed by atoms with Crippen LogP contribution in [-0.4, -0.2) is 30.3 Å². The van der Waals surface area contributed by atoms with Crippen LogP contribution in [0.15, 0.2) is 52.1 Å². The molecule has 0 fully saturated rings. The second-order valence-electron chi connectivity index (χ2n) is 4.87. The van der Waals surface area contributed by atoms with E-state index in [0.717, 1.165) is 16.5 Å². The van der Waals surface area contributed by atoms with Crippen LogP contribution in [-0.2, 0) is 9.53 Å². The number of aliphatic imine (C=N–C) groups is 1. The fraction of sp³-hybridized carbons (Fsp3) is 0.250. The van der Waals surface area contributed by atoms with Crippen molar-refractivity contribution in [3.63, 3.8) is 0 Å². The number of methoxy groups -OCH3 is 2. The van der Waals surface area contributed by atoms with Crippen molar-refractivity contribution >= 4 is 22.9 Å². The van der Waals surface area contributed by atoms with E-state index in [1.54, 1.807) is 18.9 Å². The van der Waals surface area contributed by atoms with E-state index in [2.05, 4.69) is 4.99 Å². The Morgan fingerprint density at radius 2 is 2.00 bits per heavy atom. The number of amidine groups is 1. The molecule has 114 valence electrons. The molecule has 2 aliphatic heterocycles. The standard InChI is InChI=1S/C16H16N2O3S/c1-10-13(15(19)21-3)14(18-8-9-22-16(18)17-10)11-4-6-12(20-2)7-5-11/h4-9,14H,1-3H3. The average Bonchev–Trinajstić information content (AvgIpc) is 3.00. The van der Waals surface area contributed by atoms with Crippen molar-refractivity contribution in [2.24, 2.45) is 4.99 Å². The average molecular weight is 316 g/mol. The van der Waals surface area contributed by atoms with Gasteiger partial charge in [-0.25, -0.2) is 9.79 Å². The van der Waals surface area contributed by atoms with Gasteiger partial charge in [-0.3, -0.25) is 0 Å². The fourth-order valence-corrected chi connectivity index (χ4v) is 3.38. The van der Waals surface area contributed by atoms with Gasteiger partial charge in [0, 0.05) is 6.20 Å². The lowest BCUT2D eigenvalue weighted by Gasteiger charge is -2.33. The second kappa shape index (κ2) is 5.88. The lowest BCUT2D eigenvalue weighted by Crippen LogP contribution is -2.33. The molecule has 6 heteroatoms. The normalized spacial score (nSPS) is 19.9. The molecule has 5 nitrogen and oxygen atoms in total. The van der Waals surface area contributed by atoms with E-state index in [1.165, 1.54) is 7.11 Å². The van der Waals surface area contributed by atoms with Crippen LogP contribution in [0.2, 0.25) is 0 Å². The number of fused-ring (bicyclic) bond motifs is 1. The summed E-state index contributed by atoms with van der Waals surface area (Å²) in [6.45, 7) is 1.84. The van der Waals surface area contributed by atoms with Gasteiger partial charge in [0.2, 0.25) is 0 Å². The summed E-state index contributed by atoms with van der Waals surface area (Å²) < 4.78 is 10.2. The minimum Gasteiger partial charge on any atom is -0.497 e. The lowest BCUT2D eigenvalue weighted by molar-refractivity contribution is -0.136. The number of thioether (sulfide) groups is 1. The number of benzene rings is 1. The Morgan fingerprint density at radius 1 is 1.27 bits per heavy atom. The highest BCUT2D eigenvalue weighted by Crippen LogP contribution is 2.41. The Labute approximate surface area is 133 Å². The van der Waals surface area contributed by atoms with Gasteiger partial charge in [0.1, 0.15) is 5.75 Å². The number of nitrogens with zero attached hydrogens (tertiary/aromatic N) is 2. The minimum absolute atomic E-state index is 0.239. The maximum atomic E-state index is 12.2. The van der Waals surface area contributed by atoms with Crippen molar-refractivity contribution in [2.75, 3.05) is 14.2 Å². The molecule has 0 amide bonds. The van der Waals surface area contributed by atoms with Crippen LogP contribution in [0.4, 0.5) is 0 Å². The minimum atomic E-state index is -0.355. The summed E-state index contributed by atoms with van der Waals surface area (Å²) in [4.78, 5) is 18.7.